The van der Waals surface area contributed by atoms with Crippen molar-refractivity contribution in [1.82, 2.24) is 0 Å². The van der Waals surface area contributed by atoms with E-state index < -0.39 is 0 Å². The number of para-hydroxylation sites is 1. The molecule has 0 aliphatic carbocycles. The molecule has 0 atom stereocenters. The first-order valence-corrected chi connectivity index (χ1v) is 7.87. The number of halogens is 2. The Kier molecular flexibility index (Phi) is 5.64. The van der Waals surface area contributed by atoms with Crippen LogP contribution >= 0.6 is 31.9 Å². The third kappa shape index (κ3) is 4.75. The third-order valence-electron chi connectivity index (χ3n) is 2.71. The number of amides is 1. The second kappa shape index (κ2) is 7.47. The van der Waals surface area contributed by atoms with Gasteiger partial charge in [-0.15, -0.1) is 0 Å². The van der Waals surface area contributed by atoms with Gasteiger partial charge in [0.2, 0.25) is 5.91 Å². The molecule has 0 aromatic heterocycles. The highest BCUT2D eigenvalue weighted by Gasteiger charge is 2.09. The van der Waals surface area contributed by atoms with E-state index in [0.29, 0.717) is 18.0 Å². The molecular formula is C15H14Br2N2O2. The summed E-state index contributed by atoms with van der Waals surface area (Å²) in [6.07, 6.45) is 0.262. The molecular weight excluding hydrogens is 400 g/mol. The molecule has 0 unspecified atom stereocenters. The number of nitrogens with two attached hydrogens (primary N) is 1. The average molecular weight is 414 g/mol. The lowest BCUT2D eigenvalue weighted by atomic mass is 10.3. The van der Waals surface area contributed by atoms with E-state index in [1.54, 1.807) is 24.3 Å². The number of nitrogen functional groups attached to an aromatic ring is 1. The molecule has 0 radical (unpaired) electrons. The van der Waals surface area contributed by atoms with Gasteiger partial charge in [-0.25, -0.2) is 0 Å². The predicted octanol–water partition coefficient (Wildman–Crippen LogP) is 4.20. The number of nitrogens with one attached hydrogen (secondary N) is 1. The van der Waals surface area contributed by atoms with Crippen LogP contribution in [0.2, 0.25) is 0 Å². The molecule has 2 rings (SSSR count). The first-order chi connectivity index (χ1) is 10.1. The first-order valence-electron chi connectivity index (χ1n) is 6.28. The Morgan fingerprint density at radius 1 is 1.10 bits per heavy atom. The first kappa shape index (κ1) is 15.9. The van der Waals surface area contributed by atoms with E-state index in [9.17, 15) is 4.79 Å². The molecule has 21 heavy (non-hydrogen) atoms. The number of hydrogen-bond donors (Lipinski definition) is 2. The van der Waals surface area contributed by atoms with Crippen LogP contribution in [0.3, 0.4) is 0 Å². The van der Waals surface area contributed by atoms with Crippen molar-refractivity contribution in [2.45, 2.75) is 6.42 Å². The lowest BCUT2D eigenvalue weighted by Gasteiger charge is -2.10. The van der Waals surface area contributed by atoms with Crippen molar-refractivity contribution in [2.75, 3.05) is 17.7 Å². The SMILES string of the molecule is Nc1ccc(OCCC(=O)Nc2c(Br)cccc2Br)cc1. The Labute approximate surface area is 139 Å². The van der Waals surface area contributed by atoms with E-state index >= 15 is 0 Å². The van der Waals surface area contributed by atoms with E-state index in [-0.39, 0.29) is 12.3 Å². The Hall–Kier alpha value is -1.53. The second-order valence-electron chi connectivity index (χ2n) is 4.31. The van der Waals surface area contributed by atoms with E-state index in [2.05, 4.69) is 37.2 Å². The average Bonchev–Trinajstić information content (AvgIpc) is 2.45. The molecule has 2 aromatic rings. The number of hydrogen-bond acceptors (Lipinski definition) is 3. The van der Waals surface area contributed by atoms with Gasteiger partial charge >= 0.3 is 0 Å². The monoisotopic (exact) mass is 412 g/mol. The third-order valence-corrected chi connectivity index (χ3v) is 4.03. The molecule has 1 amide bonds. The smallest absolute Gasteiger partial charge is 0.227 e. The summed E-state index contributed by atoms with van der Waals surface area (Å²) in [5, 5.41) is 2.84. The fraction of sp³-hybridized carbons (Fsp3) is 0.133. The van der Waals surface area contributed by atoms with Crippen molar-refractivity contribution in [2.24, 2.45) is 0 Å². The van der Waals surface area contributed by atoms with Gasteiger partial charge in [-0.3, -0.25) is 4.79 Å². The van der Waals surface area contributed by atoms with Crippen molar-refractivity contribution in [3.05, 3.63) is 51.4 Å². The Bertz CT molecular complexity index is 610. The highest BCUT2D eigenvalue weighted by atomic mass is 79.9. The summed E-state index contributed by atoms with van der Waals surface area (Å²) in [4.78, 5) is 11.9. The van der Waals surface area contributed by atoms with Gasteiger partial charge in [0.1, 0.15) is 5.75 Å². The van der Waals surface area contributed by atoms with Crippen LogP contribution in [0.25, 0.3) is 0 Å². The Balaban J connectivity index is 1.84. The topological polar surface area (TPSA) is 64.3 Å². The quantitative estimate of drug-likeness (QED) is 0.722. The standard InChI is InChI=1S/C15H14Br2N2O2/c16-12-2-1-3-13(17)15(12)19-14(20)8-9-21-11-6-4-10(18)5-7-11/h1-7H,8-9,18H2,(H,19,20). The number of anilines is 2. The summed E-state index contributed by atoms with van der Waals surface area (Å²) >= 11 is 6.80. The maximum atomic E-state index is 11.9. The van der Waals surface area contributed by atoms with E-state index in [1.165, 1.54) is 0 Å². The molecule has 3 N–H and O–H groups in total. The van der Waals surface area contributed by atoms with Gasteiger partial charge in [0.05, 0.1) is 18.7 Å². The minimum absolute atomic E-state index is 0.113. The van der Waals surface area contributed by atoms with Crippen molar-refractivity contribution < 1.29 is 9.53 Å². The van der Waals surface area contributed by atoms with Crippen molar-refractivity contribution in [3.63, 3.8) is 0 Å². The summed E-state index contributed by atoms with van der Waals surface area (Å²) in [6, 6.07) is 12.7. The zero-order valence-electron chi connectivity index (χ0n) is 11.1. The second-order valence-corrected chi connectivity index (χ2v) is 6.02. The van der Waals surface area contributed by atoms with Gasteiger partial charge in [-0.1, -0.05) is 6.07 Å². The van der Waals surface area contributed by atoms with Crippen LogP contribution in [0.1, 0.15) is 6.42 Å². The highest BCUT2D eigenvalue weighted by Crippen LogP contribution is 2.30. The van der Waals surface area contributed by atoms with E-state index in [1.807, 2.05) is 18.2 Å². The van der Waals surface area contributed by atoms with Crippen LogP contribution in [-0.2, 0) is 4.79 Å². The van der Waals surface area contributed by atoms with Gasteiger partial charge < -0.3 is 15.8 Å². The van der Waals surface area contributed by atoms with Crippen molar-refractivity contribution in [1.29, 1.82) is 0 Å². The normalized spacial score (nSPS) is 10.2. The number of carbonyl (C=O) groups excluding carboxylic acids is 1. The zero-order valence-corrected chi connectivity index (χ0v) is 14.3. The van der Waals surface area contributed by atoms with Crippen LogP contribution in [0.5, 0.6) is 5.75 Å². The van der Waals surface area contributed by atoms with E-state index in [4.69, 9.17) is 10.5 Å². The molecule has 0 saturated heterocycles. The van der Waals surface area contributed by atoms with Gasteiger partial charge in [0.15, 0.2) is 0 Å². The molecule has 2 aromatic carbocycles. The van der Waals surface area contributed by atoms with Gasteiger partial charge in [-0.2, -0.15) is 0 Å². The number of ether oxygens (including phenoxy) is 1. The predicted molar refractivity (Wildman–Crippen MR) is 91.4 cm³/mol. The molecule has 6 heteroatoms. The summed E-state index contributed by atoms with van der Waals surface area (Å²) < 4.78 is 7.14. The maximum absolute atomic E-state index is 11.9. The molecule has 0 spiro atoms. The largest absolute Gasteiger partial charge is 0.493 e. The molecule has 0 aliphatic rings. The van der Waals surface area contributed by atoms with Crippen LogP contribution in [0.15, 0.2) is 51.4 Å². The molecule has 0 fully saturated rings. The van der Waals surface area contributed by atoms with Crippen LogP contribution in [-0.4, -0.2) is 12.5 Å². The molecule has 0 heterocycles. The lowest BCUT2D eigenvalue weighted by Crippen LogP contribution is -2.15. The summed E-state index contributed by atoms with van der Waals surface area (Å²) in [5.41, 5.74) is 6.99. The molecule has 0 aliphatic heterocycles. The van der Waals surface area contributed by atoms with Crippen LogP contribution in [0, 0.1) is 0 Å². The minimum atomic E-state index is -0.113. The highest BCUT2D eigenvalue weighted by molar-refractivity contribution is 9.11. The summed E-state index contributed by atoms with van der Waals surface area (Å²) in [6.45, 7) is 0.303. The minimum Gasteiger partial charge on any atom is -0.493 e. The fourth-order valence-corrected chi connectivity index (χ4v) is 2.84. The number of benzene rings is 2. The maximum Gasteiger partial charge on any atom is 0.227 e. The molecule has 0 saturated carbocycles. The Morgan fingerprint density at radius 2 is 1.71 bits per heavy atom. The lowest BCUT2D eigenvalue weighted by molar-refractivity contribution is -0.116. The van der Waals surface area contributed by atoms with Gasteiger partial charge in [0.25, 0.3) is 0 Å². The molecule has 4 nitrogen and oxygen atoms in total. The number of rotatable bonds is 5. The summed E-state index contributed by atoms with van der Waals surface area (Å²) in [5.74, 6) is 0.581. The van der Waals surface area contributed by atoms with E-state index in [0.717, 1.165) is 14.6 Å². The number of carbonyl (C=O) groups is 1. The van der Waals surface area contributed by atoms with Crippen LogP contribution in [0.4, 0.5) is 11.4 Å². The van der Waals surface area contributed by atoms with Gasteiger partial charge in [0, 0.05) is 14.6 Å². The Morgan fingerprint density at radius 3 is 2.33 bits per heavy atom. The van der Waals surface area contributed by atoms with Crippen molar-refractivity contribution >= 4 is 49.1 Å². The van der Waals surface area contributed by atoms with Gasteiger partial charge in [-0.05, 0) is 68.3 Å². The molecule has 110 valence electrons. The van der Waals surface area contributed by atoms with Crippen molar-refractivity contribution in [3.8, 4) is 5.75 Å². The zero-order chi connectivity index (χ0) is 15.2. The fourth-order valence-electron chi connectivity index (χ4n) is 1.64. The van der Waals surface area contributed by atoms with Crippen LogP contribution < -0.4 is 15.8 Å². The molecule has 0 bridgehead atoms. The summed E-state index contributed by atoms with van der Waals surface area (Å²) in [7, 11) is 0.